The molecular formula is C22H30N2O6. The highest BCUT2D eigenvalue weighted by Crippen LogP contribution is 2.16. The molecule has 0 radical (unpaired) electrons. The van der Waals surface area contributed by atoms with Crippen LogP contribution in [0.2, 0.25) is 0 Å². The third-order valence-corrected chi connectivity index (χ3v) is 3.98. The molecule has 2 heterocycles. The molecule has 1 N–H and O–H groups in total. The number of aromatic nitrogens is 2. The lowest BCUT2D eigenvalue weighted by Crippen LogP contribution is -2.24. The third kappa shape index (κ3) is 8.06. The van der Waals surface area contributed by atoms with Crippen LogP contribution < -0.4 is 15.6 Å². The minimum absolute atomic E-state index is 0.0405. The molecule has 2 rings (SSSR count). The van der Waals surface area contributed by atoms with Gasteiger partial charge in [0.2, 0.25) is 5.43 Å². The lowest BCUT2D eigenvalue weighted by atomic mass is 10.2. The maximum Gasteiger partial charge on any atom is 0.313 e. The summed E-state index contributed by atoms with van der Waals surface area (Å²) in [4.78, 5) is 48.2. The van der Waals surface area contributed by atoms with E-state index in [0.29, 0.717) is 18.7 Å². The fourth-order valence-corrected chi connectivity index (χ4v) is 2.28. The number of nitrogens with zero attached hydrogens (tertiary/aromatic N) is 1. The third-order valence-electron chi connectivity index (χ3n) is 3.98. The second-order valence-corrected chi connectivity index (χ2v) is 7.14. The average molecular weight is 418 g/mol. The zero-order chi connectivity index (χ0) is 22.7. The summed E-state index contributed by atoms with van der Waals surface area (Å²) in [5.41, 5.74) is 0.331. The van der Waals surface area contributed by atoms with Gasteiger partial charge in [-0.15, -0.1) is 0 Å². The number of ether oxygens (including phenoxy) is 2. The topological polar surface area (TPSA) is 107 Å². The van der Waals surface area contributed by atoms with Gasteiger partial charge in [0, 0.05) is 36.8 Å². The van der Waals surface area contributed by atoms with Crippen LogP contribution in [-0.4, -0.2) is 28.1 Å². The van der Waals surface area contributed by atoms with E-state index in [9.17, 15) is 19.2 Å². The van der Waals surface area contributed by atoms with E-state index >= 15 is 0 Å². The predicted octanol–water partition coefficient (Wildman–Crippen LogP) is 2.55. The van der Waals surface area contributed by atoms with Crippen molar-refractivity contribution in [2.75, 3.05) is 6.61 Å². The Labute approximate surface area is 175 Å². The summed E-state index contributed by atoms with van der Waals surface area (Å²) in [5.74, 6) is -1.16. The molecule has 8 nitrogen and oxygen atoms in total. The molecule has 0 aliphatic rings. The number of carbonyl (C=O) groups excluding carboxylic acids is 2. The molecular weight excluding hydrogens is 388 g/mol. The minimum atomic E-state index is -0.444. The fourth-order valence-electron chi connectivity index (χ4n) is 2.28. The van der Waals surface area contributed by atoms with Gasteiger partial charge in [-0.05, 0) is 6.42 Å². The molecule has 0 bridgehead atoms. The number of hydrogen-bond donors (Lipinski definition) is 1. The zero-order valence-electron chi connectivity index (χ0n) is 18.1. The van der Waals surface area contributed by atoms with Crippen LogP contribution in [0.3, 0.4) is 0 Å². The quantitative estimate of drug-likeness (QED) is 0.693. The molecule has 2 aromatic heterocycles. The van der Waals surface area contributed by atoms with Gasteiger partial charge in [-0.25, -0.2) is 0 Å². The Morgan fingerprint density at radius 1 is 1.00 bits per heavy atom. The SMILES string of the molecule is CCc1c(OC(=O)C(C)C)c(=O)ccn1CCOC(=O)C(C)C.O=c1cc[nH]cc1. The van der Waals surface area contributed by atoms with Crippen molar-refractivity contribution in [3.8, 4) is 5.75 Å². The number of pyridine rings is 2. The van der Waals surface area contributed by atoms with Crippen LogP contribution in [-0.2, 0) is 27.3 Å². The molecule has 164 valence electrons. The molecule has 0 fully saturated rings. The van der Waals surface area contributed by atoms with E-state index in [2.05, 4.69) is 4.98 Å². The van der Waals surface area contributed by atoms with Gasteiger partial charge in [0.05, 0.1) is 24.1 Å². The van der Waals surface area contributed by atoms with Gasteiger partial charge in [-0.2, -0.15) is 0 Å². The molecule has 0 spiro atoms. The Morgan fingerprint density at radius 2 is 1.60 bits per heavy atom. The van der Waals surface area contributed by atoms with E-state index in [0.717, 1.165) is 0 Å². The summed E-state index contributed by atoms with van der Waals surface area (Å²) >= 11 is 0. The highest BCUT2D eigenvalue weighted by atomic mass is 16.5. The van der Waals surface area contributed by atoms with E-state index in [-0.39, 0.29) is 41.0 Å². The van der Waals surface area contributed by atoms with Crippen LogP contribution in [0, 0.1) is 11.8 Å². The molecule has 0 saturated heterocycles. The second-order valence-electron chi connectivity index (χ2n) is 7.14. The summed E-state index contributed by atoms with van der Waals surface area (Å²) < 4.78 is 12.2. The van der Waals surface area contributed by atoms with Crippen molar-refractivity contribution in [2.45, 2.75) is 47.6 Å². The first-order chi connectivity index (χ1) is 14.2. The first-order valence-corrected chi connectivity index (χ1v) is 9.91. The number of carbonyl (C=O) groups is 2. The van der Waals surface area contributed by atoms with Crippen LogP contribution in [0.4, 0.5) is 0 Å². The molecule has 0 atom stereocenters. The molecule has 2 aromatic rings. The first kappa shape index (κ1) is 24.9. The van der Waals surface area contributed by atoms with Crippen LogP contribution in [0.15, 0.2) is 46.4 Å². The lowest BCUT2D eigenvalue weighted by Gasteiger charge is -2.17. The van der Waals surface area contributed by atoms with Crippen molar-refractivity contribution in [1.29, 1.82) is 0 Å². The van der Waals surface area contributed by atoms with Crippen LogP contribution in [0.1, 0.15) is 40.3 Å². The van der Waals surface area contributed by atoms with Crippen molar-refractivity contribution < 1.29 is 19.1 Å². The number of rotatable bonds is 7. The molecule has 0 aliphatic heterocycles. The van der Waals surface area contributed by atoms with Gasteiger partial charge >= 0.3 is 11.9 Å². The summed E-state index contributed by atoms with van der Waals surface area (Å²) in [5, 5.41) is 0. The standard InChI is InChI=1S/C17H25NO5.C5H5NO/c1-6-13-15(23-17(21)12(4)5)14(19)7-8-18(13)9-10-22-16(20)11(2)3;7-5-1-3-6-4-2-5/h7-8,11-12H,6,9-10H2,1-5H3;1-4H,(H,6,7). The smallest absolute Gasteiger partial charge is 0.313 e. The van der Waals surface area contributed by atoms with Gasteiger partial charge in [0.1, 0.15) is 6.61 Å². The maximum atomic E-state index is 12.0. The van der Waals surface area contributed by atoms with Gasteiger partial charge in [0.25, 0.3) is 0 Å². The normalized spacial score (nSPS) is 10.4. The Hall–Kier alpha value is -3.16. The van der Waals surface area contributed by atoms with E-state index in [1.54, 1.807) is 50.9 Å². The van der Waals surface area contributed by atoms with Crippen LogP contribution in [0.25, 0.3) is 0 Å². The van der Waals surface area contributed by atoms with Crippen LogP contribution in [0.5, 0.6) is 5.75 Å². The molecule has 8 heteroatoms. The van der Waals surface area contributed by atoms with Crippen molar-refractivity contribution in [1.82, 2.24) is 9.55 Å². The van der Waals surface area contributed by atoms with E-state index in [1.807, 2.05) is 6.92 Å². The highest BCUT2D eigenvalue weighted by Gasteiger charge is 2.17. The van der Waals surface area contributed by atoms with Crippen molar-refractivity contribution >= 4 is 11.9 Å². The van der Waals surface area contributed by atoms with Crippen molar-refractivity contribution in [3.05, 3.63) is 62.9 Å². The zero-order valence-corrected chi connectivity index (χ0v) is 18.1. The summed E-state index contributed by atoms with van der Waals surface area (Å²) in [6, 6.07) is 4.30. The van der Waals surface area contributed by atoms with Gasteiger partial charge in [0.15, 0.2) is 11.2 Å². The number of hydrogen-bond acceptors (Lipinski definition) is 6. The van der Waals surface area contributed by atoms with E-state index < -0.39 is 5.97 Å². The molecule has 0 aliphatic carbocycles. The first-order valence-electron chi connectivity index (χ1n) is 9.91. The van der Waals surface area contributed by atoms with Crippen molar-refractivity contribution in [2.24, 2.45) is 11.8 Å². The lowest BCUT2D eigenvalue weighted by molar-refractivity contribution is -0.147. The maximum absolute atomic E-state index is 12.0. The highest BCUT2D eigenvalue weighted by molar-refractivity contribution is 5.74. The van der Waals surface area contributed by atoms with Crippen molar-refractivity contribution in [3.63, 3.8) is 0 Å². The largest absolute Gasteiger partial charge is 0.464 e. The van der Waals surface area contributed by atoms with Crippen LogP contribution >= 0.6 is 0 Å². The molecule has 0 saturated carbocycles. The summed E-state index contributed by atoms with van der Waals surface area (Å²) in [7, 11) is 0. The Bertz CT molecular complexity index is 926. The average Bonchev–Trinajstić information content (AvgIpc) is 2.71. The number of aromatic amines is 1. The number of nitrogens with one attached hydrogen (secondary N) is 1. The van der Waals surface area contributed by atoms with E-state index in [4.69, 9.17) is 9.47 Å². The summed E-state index contributed by atoms with van der Waals surface area (Å²) in [6.45, 7) is 9.42. The summed E-state index contributed by atoms with van der Waals surface area (Å²) in [6.07, 6.45) is 5.34. The second kappa shape index (κ2) is 12.4. The van der Waals surface area contributed by atoms with Gasteiger partial charge in [-0.1, -0.05) is 34.6 Å². The number of esters is 2. The molecule has 0 unspecified atom stereocenters. The molecule has 30 heavy (non-hydrogen) atoms. The monoisotopic (exact) mass is 418 g/mol. The predicted molar refractivity (Wildman–Crippen MR) is 113 cm³/mol. The Balaban J connectivity index is 0.000000539. The molecule has 0 amide bonds. The number of H-pyrrole nitrogens is 1. The Kier molecular flexibility index (Phi) is 10.3. The van der Waals surface area contributed by atoms with E-state index in [1.165, 1.54) is 18.2 Å². The molecule has 0 aromatic carbocycles. The Morgan fingerprint density at radius 3 is 2.07 bits per heavy atom. The fraction of sp³-hybridized carbons (Fsp3) is 0.455. The minimum Gasteiger partial charge on any atom is -0.464 e. The van der Waals surface area contributed by atoms with Gasteiger partial charge in [-0.3, -0.25) is 19.2 Å². The van der Waals surface area contributed by atoms with Gasteiger partial charge < -0.3 is 19.0 Å².